The van der Waals surface area contributed by atoms with Gasteiger partial charge < -0.3 is 10.2 Å². The molecule has 1 unspecified atom stereocenters. The SMILES string of the molecule is Cc1ccc(CN(C(=O)CSCc2ccc([N+](=O)[O-])cc2)C(Cc2ccccc2)C(=O)NC(C)(C)C)cc1. The summed E-state index contributed by atoms with van der Waals surface area (Å²) in [5.41, 5.74) is 3.52. The average molecular weight is 534 g/mol. The van der Waals surface area contributed by atoms with Crippen LogP contribution in [0.1, 0.15) is 43.0 Å². The molecule has 7 nitrogen and oxygen atoms in total. The van der Waals surface area contributed by atoms with Crippen LogP contribution in [0.15, 0.2) is 78.9 Å². The molecule has 0 aliphatic rings. The van der Waals surface area contributed by atoms with E-state index in [2.05, 4.69) is 5.32 Å². The van der Waals surface area contributed by atoms with Crippen LogP contribution in [0, 0.1) is 17.0 Å². The molecule has 200 valence electrons. The molecule has 8 heteroatoms. The second kappa shape index (κ2) is 13.2. The molecular formula is C30H35N3O4S. The zero-order valence-electron chi connectivity index (χ0n) is 22.3. The van der Waals surface area contributed by atoms with Gasteiger partial charge in [0.25, 0.3) is 5.69 Å². The van der Waals surface area contributed by atoms with E-state index in [1.807, 2.05) is 82.3 Å². The summed E-state index contributed by atoms with van der Waals surface area (Å²) in [5.74, 6) is 0.376. The molecular weight excluding hydrogens is 498 g/mol. The summed E-state index contributed by atoms with van der Waals surface area (Å²) in [6, 6.07) is 23.4. The lowest BCUT2D eigenvalue weighted by molar-refractivity contribution is -0.384. The molecule has 0 spiro atoms. The highest BCUT2D eigenvalue weighted by atomic mass is 32.2. The van der Waals surface area contributed by atoms with Crippen molar-refractivity contribution in [3.8, 4) is 0 Å². The van der Waals surface area contributed by atoms with Crippen LogP contribution in [0.5, 0.6) is 0 Å². The van der Waals surface area contributed by atoms with Crippen molar-refractivity contribution in [2.24, 2.45) is 0 Å². The van der Waals surface area contributed by atoms with E-state index in [9.17, 15) is 19.7 Å². The third-order valence-corrected chi connectivity index (χ3v) is 6.87. The van der Waals surface area contributed by atoms with Crippen molar-refractivity contribution < 1.29 is 14.5 Å². The predicted molar refractivity (Wildman–Crippen MR) is 153 cm³/mol. The number of rotatable bonds is 11. The number of nitrogens with zero attached hydrogens (tertiary/aromatic N) is 2. The van der Waals surface area contributed by atoms with Gasteiger partial charge in [0.2, 0.25) is 11.8 Å². The fourth-order valence-corrected chi connectivity index (χ4v) is 4.82. The van der Waals surface area contributed by atoms with Crippen molar-refractivity contribution in [2.75, 3.05) is 5.75 Å². The van der Waals surface area contributed by atoms with E-state index >= 15 is 0 Å². The van der Waals surface area contributed by atoms with Gasteiger partial charge in [-0.15, -0.1) is 11.8 Å². The molecule has 3 aromatic carbocycles. The van der Waals surface area contributed by atoms with Gasteiger partial charge in [-0.1, -0.05) is 72.3 Å². The van der Waals surface area contributed by atoms with Crippen molar-refractivity contribution in [1.82, 2.24) is 10.2 Å². The fraction of sp³-hybridized carbons (Fsp3) is 0.333. The van der Waals surface area contributed by atoms with Crippen LogP contribution in [0.2, 0.25) is 0 Å². The number of carbonyl (C=O) groups is 2. The minimum Gasteiger partial charge on any atom is -0.350 e. The number of aryl methyl sites for hydroxylation is 1. The Kier molecular flexibility index (Phi) is 10.1. The second-order valence-electron chi connectivity index (χ2n) is 10.4. The van der Waals surface area contributed by atoms with Gasteiger partial charge in [-0.3, -0.25) is 19.7 Å². The summed E-state index contributed by atoms with van der Waals surface area (Å²) < 4.78 is 0. The van der Waals surface area contributed by atoms with E-state index < -0.39 is 16.5 Å². The van der Waals surface area contributed by atoms with E-state index in [1.165, 1.54) is 23.9 Å². The Bertz CT molecular complexity index is 1220. The molecule has 0 saturated heterocycles. The summed E-state index contributed by atoms with van der Waals surface area (Å²) >= 11 is 1.43. The van der Waals surface area contributed by atoms with Gasteiger partial charge in [-0.2, -0.15) is 0 Å². The minimum absolute atomic E-state index is 0.0349. The molecule has 38 heavy (non-hydrogen) atoms. The average Bonchev–Trinajstić information content (AvgIpc) is 2.87. The monoisotopic (exact) mass is 533 g/mol. The highest BCUT2D eigenvalue weighted by Gasteiger charge is 2.32. The summed E-state index contributed by atoms with van der Waals surface area (Å²) in [6.07, 6.45) is 0.396. The summed E-state index contributed by atoms with van der Waals surface area (Å²) in [6.45, 7) is 8.10. The molecule has 0 bridgehead atoms. The molecule has 3 rings (SSSR count). The maximum Gasteiger partial charge on any atom is 0.269 e. The van der Waals surface area contributed by atoms with Crippen LogP contribution in [-0.4, -0.2) is 39.0 Å². The van der Waals surface area contributed by atoms with Gasteiger partial charge >= 0.3 is 0 Å². The Morgan fingerprint density at radius 2 is 1.53 bits per heavy atom. The highest BCUT2D eigenvalue weighted by molar-refractivity contribution is 7.99. The molecule has 3 aromatic rings. The lowest BCUT2D eigenvalue weighted by Crippen LogP contribution is -2.54. The number of carbonyl (C=O) groups excluding carboxylic acids is 2. The molecule has 0 radical (unpaired) electrons. The van der Waals surface area contributed by atoms with E-state index in [0.717, 1.165) is 22.3 Å². The van der Waals surface area contributed by atoms with Crippen LogP contribution >= 0.6 is 11.8 Å². The smallest absolute Gasteiger partial charge is 0.269 e. The molecule has 0 aliphatic carbocycles. The second-order valence-corrected chi connectivity index (χ2v) is 11.4. The molecule has 0 saturated carbocycles. The first-order valence-electron chi connectivity index (χ1n) is 12.5. The molecule has 0 fully saturated rings. The molecule has 0 heterocycles. The topological polar surface area (TPSA) is 92.6 Å². The quantitative estimate of drug-likeness (QED) is 0.252. The molecule has 0 aromatic heterocycles. The third kappa shape index (κ3) is 9.03. The number of nitrogens with one attached hydrogen (secondary N) is 1. The Morgan fingerprint density at radius 3 is 2.11 bits per heavy atom. The van der Waals surface area contributed by atoms with Crippen molar-refractivity contribution in [2.45, 2.75) is 58.0 Å². The number of hydrogen-bond acceptors (Lipinski definition) is 5. The number of non-ortho nitro benzene ring substituents is 1. The van der Waals surface area contributed by atoms with Gasteiger partial charge in [0.1, 0.15) is 6.04 Å². The van der Waals surface area contributed by atoms with Crippen LogP contribution < -0.4 is 5.32 Å². The zero-order valence-corrected chi connectivity index (χ0v) is 23.2. The minimum atomic E-state index is -0.689. The van der Waals surface area contributed by atoms with Crippen molar-refractivity contribution in [1.29, 1.82) is 0 Å². The van der Waals surface area contributed by atoms with Crippen LogP contribution in [0.25, 0.3) is 0 Å². The molecule has 1 N–H and O–H groups in total. The van der Waals surface area contributed by atoms with Gasteiger partial charge in [0.05, 0.1) is 10.7 Å². The van der Waals surface area contributed by atoms with Crippen LogP contribution in [0.4, 0.5) is 5.69 Å². The maximum atomic E-state index is 13.7. The number of hydrogen-bond donors (Lipinski definition) is 1. The summed E-state index contributed by atoms with van der Waals surface area (Å²) in [7, 11) is 0. The molecule has 1 atom stereocenters. The number of thioether (sulfide) groups is 1. The summed E-state index contributed by atoms with van der Waals surface area (Å²) in [5, 5.41) is 14.0. The number of benzene rings is 3. The van der Waals surface area contributed by atoms with E-state index in [4.69, 9.17) is 0 Å². The van der Waals surface area contributed by atoms with Crippen LogP contribution in [-0.2, 0) is 28.3 Å². The Labute approximate surface area is 228 Å². The third-order valence-electron chi connectivity index (χ3n) is 5.88. The zero-order chi connectivity index (χ0) is 27.7. The Hall–Kier alpha value is -3.65. The molecule has 2 amide bonds. The molecule has 0 aliphatic heterocycles. The maximum absolute atomic E-state index is 13.7. The Morgan fingerprint density at radius 1 is 0.921 bits per heavy atom. The van der Waals surface area contributed by atoms with Crippen molar-refractivity contribution in [3.63, 3.8) is 0 Å². The van der Waals surface area contributed by atoms with Crippen LogP contribution in [0.3, 0.4) is 0 Å². The predicted octanol–water partition coefficient (Wildman–Crippen LogP) is 5.69. The number of nitro benzene ring substituents is 1. The normalized spacial score (nSPS) is 12.0. The van der Waals surface area contributed by atoms with Gasteiger partial charge in [-0.25, -0.2) is 0 Å². The number of amides is 2. The van der Waals surface area contributed by atoms with E-state index in [1.54, 1.807) is 17.0 Å². The Balaban J connectivity index is 1.83. The highest BCUT2D eigenvalue weighted by Crippen LogP contribution is 2.21. The van der Waals surface area contributed by atoms with Crippen molar-refractivity contribution >= 4 is 29.3 Å². The lowest BCUT2D eigenvalue weighted by Gasteiger charge is -2.34. The van der Waals surface area contributed by atoms with E-state index in [-0.39, 0.29) is 23.3 Å². The van der Waals surface area contributed by atoms with Gasteiger partial charge in [0.15, 0.2) is 0 Å². The number of nitro groups is 1. The largest absolute Gasteiger partial charge is 0.350 e. The fourth-order valence-electron chi connectivity index (χ4n) is 3.95. The van der Waals surface area contributed by atoms with Gasteiger partial charge in [0, 0.05) is 36.4 Å². The standard InChI is InChI=1S/C30H35N3O4S/c1-22-10-12-24(13-11-22)19-32(28(34)21-38-20-25-14-16-26(17-15-25)33(36)37)27(29(35)31-30(2,3)4)18-23-8-6-5-7-9-23/h5-17,27H,18-21H2,1-4H3,(H,31,35). The van der Waals surface area contributed by atoms with Crippen molar-refractivity contribution in [3.05, 3.63) is 111 Å². The van der Waals surface area contributed by atoms with E-state index in [0.29, 0.717) is 18.7 Å². The first-order chi connectivity index (χ1) is 18.0. The first-order valence-corrected chi connectivity index (χ1v) is 13.7. The first kappa shape index (κ1) is 28.9. The summed E-state index contributed by atoms with van der Waals surface area (Å²) in [4.78, 5) is 39.4. The van der Waals surface area contributed by atoms with Gasteiger partial charge in [-0.05, 0) is 44.4 Å². The lowest BCUT2D eigenvalue weighted by atomic mass is 10.0.